The summed E-state index contributed by atoms with van der Waals surface area (Å²) in [5.74, 6) is -0.00893. The third kappa shape index (κ3) is 4.13. The summed E-state index contributed by atoms with van der Waals surface area (Å²) in [6.45, 7) is 7.93. The van der Waals surface area contributed by atoms with Crippen LogP contribution in [0.25, 0.3) is 0 Å². The van der Waals surface area contributed by atoms with Crippen molar-refractivity contribution in [2.24, 2.45) is 0 Å². The second-order valence-corrected chi connectivity index (χ2v) is 8.01. The lowest BCUT2D eigenvalue weighted by atomic mass is 10.1. The van der Waals surface area contributed by atoms with Crippen molar-refractivity contribution in [2.75, 3.05) is 12.3 Å². The number of thioether (sulfide) groups is 1. The van der Waals surface area contributed by atoms with Gasteiger partial charge >= 0.3 is 0 Å². The van der Waals surface area contributed by atoms with Crippen LogP contribution in [-0.4, -0.2) is 45.7 Å². The van der Waals surface area contributed by atoms with Crippen molar-refractivity contribution < 1.29 is 14.4 Å². The number of hydrogen-bond acceptors (Lipinski definition) is 4. The molecule has 124 valence electrons. The highest BCUT2D eigenvalue weighted by Crippen LogP contribution is 2.23. The molecule has 5 nitrogen and oxygen atoms in total. The zero-order valence-corrected chi connectivity index (χ0v) is 14.7. The summed E-state index contributed by atoms with van der Waals surface area (Å²) in [5.41, 5.74) is 0.649. The molecule has 1 aromatic rings. The molecular formula is C17H22N2O3S. The van der Waals surface area contributed by atoms with Crippen LogP contribution in [-0.2, 0) is 4.79 Å². The Kier molecular flexibility index (Phi) is 5.14. The summed E-state index contributed by atoms with van der Waals surface area (Å²) in [6, 6.07) is 6.84. The van der Waals surface area contributed by atoms with Crippen molar-refractivity contribution in [3.63, 3.8) is 0 Å². The Balaban J connectivity index is 1.87. The second-order valence-electron chi connectivity index (χ2n) is 6.56. The molecule has 1 atom stereocenters. The molecule has 23 heavy (non-hydrogen) atoms. The van der Waals surface area contributed by atoms with E-state index in [9.17, 15) is 14.4 Å². The quantitative estimate of drug-likeness (QED) is 0.839. The minimum atomic E-state index is -0.269. The standard InChI is InChI=1S/C17H22N2O3S/c1-11(14(20)18-17(2,3)4)23-10-9-19-15(21)12-7-5-6-8-13(12)16(19)22/h5-8,11H,9-10H2,1-4H3,(H,18,20). The van der Waals surface area contributed by atoms with E-state index in [-0.39, 0.29) is 28.5 Å². The van der Waals surface area contributed by atoms with Crippen molar-refractivity contribution in [2.45, 2.75) is 38.5 Å². The zero-order valence-electron chi connectivity index (χ0n) is 13.9. The van der Waals surface area contributed by atoms with Crippen LogP contribution in [0, 0.1) is 0 Å². The maximum absolute atomic E-state index is 12.2. The van der Waals surface area contributed by atoms with Crippen LogP contribution < -0.4 is 5.32 Å². The molecule has 1 aliphatic heterocycles. The van der Waals surface area contributed by atoms with Gasteiger partial charge in [-0.05, 0) is 39.8 Å². The lowest BCUT2D eigenvalue weighted by Gasteiger charge is -2.23. The number of fused-ring (bicyclic) bond motifs is 1. The van der Waals surface area contributed by atoms with Crippen LogP contribution in [0.2, 0.25) is 0 Å². The van der Waals surface area contributed by atoms with E-state index in [1.165, 1.54) is 16.7 Å². The molecule has 1 N–H and O–H groups in total. The predicted octanol–water partition coefficient (Wildman–Crippen LogP) is 2.32. The fourth-order valence-electron chi connectivity index (χ4n) is 2.31. The van der Waals surface area contributed by atoms with Crippen molar-refractivity contribution in [3.05, 3.63) is 35.4 Å². The van der Waals surface area contributed by atoms with Gasteiger partial charge in [0.15, 0.2) is 0 Å². The molecule has 1 aromatic carbocycles. The summed E-state index contributed by atoms with van der Waals surface area (Å²) in [7, 11) is 0. The fourth-order valence-corrected chi connectivity index (χ4v) is 3.16. The monoisotopic (exact) mass is 334 g/mol. The summed E-state index contributed by atoms with van der Waals surface area (Å²) < 4.78 is 0. The van der Waals surface area contributed by atoms with Crippen LogP contribution in [0.3, 0.4) is 0 Å². The van der Waals surface area contributed by atoms with Crippen LogP contribution in [0.4, 0.5) is 0 Å². The van der Waals surface area contributed by atoms with Gasteiger partial charge in [-0.15, -0.1) is 11.8 Å². The SMILES string of the molecule is CC(SCCN1C(=O)c2ccccc2C1=O)C(=O)NC(C)(C)C. The number of nitrogens with zero attached hydrogens (tertiary/aromatic N) is 1. The highest BCUT2D eigenvalue weighted by Gasteiger charge is 2.34. The summed E-state index contributed by atoms with van der Waals surface area (Å²) >= 11 is 1.44. The number of amides is 3. The molecule has 1 aliphatic rings. The van der Waals surface area contributed by atoms with Crippen LogP contribution >= 0.6 is 11.8 Å². The van der Waals surface area contributed by atoms with E-state index in [0.717, 1.165) is 0 Å². The molecule has 0 saturated carbocycles. The second kappa shape index (κ2) is 6.74. The fraction of sp³-hybridized carbons (Fsp3) is 0.471. The van der Waals surface area contributed by atoms with Gasteiger partial charge in [-0.3, -0.25) is 19.3 Å². The van der Waals surface area contributed by atoms with Gasteiger partial charge in [0.2, 0.25) is 5.91 Å². The van der Waals surface area contributed by atoms with Gasteiger partial charge in [-0.25, -0.2) is 0 Å². The Morgan fingerprint density at radius 3 is 2.17 bits per heavy atom. The highest BCUT2D eigenvalue weighted by atomic mass is 32.2. The van der Waals surface area contributed by atoms with Gasteiger partial charge in [0.25, 0.3) is 11.8 Å². The van der Waals surface area contributed by atoms with E-state index in [1.807, 2.05) is 27.7 Å². The molecule has 6 heteroatoms. The molecular weight excluding hydrogens is 312 g/mol. The number of benzene rings is 1. The average molecular weight is 334 g/mol. The minimum absolute atomic E-state index is 0.0372. The van der Waals surface area contributed by atoms with Crippen molar-refractivity contribution in [3.8, 4) is 0 Å². The minimum Gasteiger partial charge on any atom is -0.351 e. The number of hydrogen-bond donors (Lipinski definition) is 1. The van der Waals surface area contributed by atoms with Gasteiger partial charge in [0.05, 0.1) is 16.4 Å². The third-order valence-electron chi connectivity index (χ3n) is 3.43. The number of carbonyl (C=O) groups is 3. The van der Waals surface area contributed by atoms with Gasteiger partial charge in [-0.2, -0.15) is 0 Å². The third-order valence-corrected chi connectivity index (χ3v) is 4.56. The van der Waals surface area contributed by atoms with E-state index in [0.29, 0.717) is 23.4 Å². The Morgan fingerprint density at radius 2 is 1.70 bits per heavy atom. The molecule has 0 radical (unpaired) electrons. The van der Waals surface area contributed by atoms with E-state index >= 15 is 0 Å². The molecule has 0 bridgehead atoms. The lowest BCUT2D eigenvalue weighted by Crippen LogP contribution is -2.44. The molecule has 0 aliphatic carbocycles. The zero-order chi connectivity index (χ0) is 17.2. The predicted molar refractivity (Wildman–Crippen MR) is 91.6 cm³/mol. The summed E-state index contributed by atoms with van der Waals surface area (Å²) in [4.78, 5) is 37.7. The van der Waals surface area contributed by atoms with Crippen LogP contribution in [0.5, 0.6) is 0 Å². The summed E-state index contributed by atoms with van der Waals surface area (Å²) in [5, 5.41) is 2.69. The van der Waals surface area contributed by atoms with Gasteiger partial charge in [0.1, 0.15) is 0 Å². The van der Waals surface area contributed by atoms with E-state index < -0.39 is 0 Å². The highest BCUT2D eigenvalue weighted by molar-refractivity contribution is 8.00. The number of carbonyl (C=O) groups excluding carboxylic acids is 3. The first kappa shape index (κ1) is 17.5. The van der Waals surface area contributed by atoms with Gasteiger partial charge in [-0.1, -0.05) is 12.1 Å². The Morgan fingerprint density at radius 1 is 1.17 bits per heavy atom. The van der Waals surface area contributed by atoms with Gasteiger partial charge in [0, 0.05) is 17.8 Å². The Hall–Kier alpha value is -1.82. The van der Waals surface area contributed by atoms with Crippen LogP contribution in [0.15, 0.2) is 24.3 Å². The normalized spacial score (nSPS) is 15.6. The van der Waals surface area contributed by atoms with Crippen molar-refractivity contribution >= 4 is 29.5 Å². The van der Waals surface area contributed by atoms with Crippen molar-refractivity contribution in [1.29, 1.82) is 0 Å². The van der Waals surface area contributed by atoms with Crippen LogP contribution in [0.1, 0.15) is 48.4 Å². The molecule has 0 saturated heterocycles. The smallest absolute Gasteiger partial charge is 0.261 e. The lowest BCUT2D eigenvalue weighted by molar-refractivity contribution is -0.121. The molecule has 2 rings (SSSR count). The number of rotatable bonds is 5. The maximum atomic E-state index is 12.2. The molecule has 0 aromatic heterocycles. The largest absolute Gasteiger partial charge is 0.351 e. The van der Waals surface area contributed by atoms with Crippen molar-refractivity contribution in [1.82, 2.24) is 10.2 Å². The Bertz CT molecular complexity index is 602. The van der Waals surface area contributed by atoms with E-state index in [2.05, 4.69) is 5.32 Å². The topological polar surface area (TPSA) is 66.5 Å². The molecule has 0 fully saturated rings. The molecule has 1 unspecified atom stereocenters. The first-order valence-corrected chi connectivity index (χ1v) is 8.64. The first-order chi connectivity index (χ1) is 10.7. The van der Waals surface area contributed by atoms with E-state index in [1.54, 1.807) is 24.3 Å². The number of nitrogens with one attached hydrogen (secondary N) is 1. The van der Waals surface area contributed by atoms with Gasteiger partial charge < -0.3 is 5.32 Å². The molecule has 1 heterocycles. The Labute approximate surface area is 140 Å². The number of imide groups is 1. The van der Waals surface area contributed by atoms with E-state index in [4.69, 9.17) is 0 Å². The average Bonchev–Trinajstić information content (AvgIpc) is 2.71. The first-order valence-electron chi connectivity index (χ1n) is 7.59. The maximum Gasteiger partial charge on any atom is 0.261 e. The molecule has 3 amide bonds. The summed E-state index contributed by atoms with van der Waals surface area (Å²) in [6.07, 6.45) is 0. The molecule has 0 spiro atoms.